The fraction of sp³-hybridized carbons (Fsp3) is 0.444. The molecule has 0 spiro atoms. The van der Waals surface area contributed by atoms with Crippen molar-refractivity contribution in [1.29, 1.82) is 0 Å². The van der Waals surface area contributed by atoms with Crippen molar-refractivity contribution in [3.63, 3.8) is 0 Å². The van der Waals surface area contributed by atoms with E-state index in [0.717, 1.165) is 4.47 Å². The van der Waals surface area contributed by atoms with Gasteiger partial charge in [-0.3, -0.25) is 4.79 Å². The molecule has 1 heterocycles. The Morgan fingerprint density at radius 2 is 2.15 bits per heavy atom. The standard InChI is InChI=1S/C9H12BrNO2/c1-6(2)11-5-7(10)4-8(13-3)9(11)12/h4-6H,1-3H3. The number of hydrogen-bond acceptors (Lipinski definition) is 2. The van der Waals surface area contributed by atoms with Crippen molar-refractivity contribution in [3.05, 3.63) is 27.1 Å². The van der Waals surface area contributed by atoms with Crippen molar-refractivity contribution in [2.45, 2.75) is 19.9 Å². The molecule has 1 rings (SSSR count). The van der Waals surface area contributed by atoms with E-state index in [2.05, 4.69) is 15.9 Å². The molecule has 0 aliphatic carbocycles. The van der Waals surface area contributed by atoms with E-state index in [1.807, 2.05) is 13.8 Å². The molecule has 0 fully saturated rings. The van der Waals surface area contributed by atoms with E-state index in [-0.39, 0.29) is 11.6 Å². The highest BCUT2D eigenvalue weighted by molar-refractivity contribution is 9.10. The first-order valence-corrected chi connectivity index (χ1v) is 4.81. The Hall–Kier alpha value is -0.770. The molecule has 1 aromatic heterocycles. The Morgan fingerprint density at radius 1 is 1.54 bits per heavy atom. The van der Waals surface area contributed by atoms with Crippen LogP contribution in [0.3, 0.4) is 0 Å². The SMILES string of the molecule is COc1cc(Br)cn(C(C)C)c1=O. The van der Waals surface area contributed by atoms with Gasteiger partial charge in [-0.25, -0.2) is 0 Å². The number of ether oxygens (including phenoxy) is 1. The second-order valence-electron chi connectivity index (χ2n) is 3.03. The number of aromatic nitrogens is 1. The molecule has 0 aliphatic rings. The minimum Gasteiger partial charge on any atom is -0.491 e. The molecule has 0 aliphatic heterocycles. The van der Waals surface area contributed by atoms with E-state index in [4.69, 9.17) is 4.74 Å². The van der Waals surface area contributed by atoms with Gasteiger partial charge in [0.15, 0.2) is 5.75 Å². The van der Waals surface area contributed by atoms with Gasteiger partial charge in [0.2, 0.25) is 0 Å². The van der Waals surface area contributed by atoms with Crippen LogP contribution in [-0.2, 0) is 0 Å². The lowest BCUT2D eigenvalue weighted by molar-refractivity contribution is 0.398. The van der Waals surface area contributed by atoms with Crippen LogP contribution in [0.5, 0.6) is 5.75 Å². The quantitative estimate of drug-likeness (QED) is 0.800. The first-order chi connectivity index (χ1) is 6.06. The summed E-state index contributed by atoms with van der Waals surface area (Å²) >= 11 is 3.32. The molecule has 0 bridgehead atoms. The Kier molecular flexibility index (Phi) is 3.14. The van der Waals surface area contributed by atoms with Gasteiger partial charge in [-0.1, -0.05) is 0 Å². The molecule has 72 valence electrons. The van der Waals surface area contributed by atoms with Gasteiger partial charge in [0, 0.05) is 22.8 Å². The van der Waals surface area contributed by atoms with E-state index < -0.39 is 0 Å². The zero-order chi connectivity index (χ0) is 10.0. The zero-order valence-corrected chi connectivity index (χ0v) is 9.46. The summed E-state index contributed by atoms with van der Waals surface area (Å²) in [5.74, 6) is 0.364. The molecule has 4 heteroatoms. The second-order valence-corrected chi connectivity index (χ2v) is 3.95. The van der Waals surface area contributed by atoms with Gasteiger partial charge in [-0.05, 0) is 29.8 Å². The van der Waals surface area contributed by atoms with Gasteiger partial charge in [-0.15, -0.1) is 0 Å². The maximum Gasteiger partial charge on any atom is 0.293 e. The summed E-state index contributed by atoms with van der Waals surface area (Å²) in [6, 6.07) is 1.81. The van der Waals surface area contributed by atoms with Crippen LogP contribution >= 0.6 is 15.9 Å². The topological polar surface area (TPSA) is 31.2 Å². The average molecular weight is 246 g/mol. The van der Waals surface area contributed by atoms with Gasteiger partial charge in [0.1, 0.15) is 0 Å². The van der Waals surface area contributed by atoms with Crippen LogP contribution in [-0.4, -0.2) is 11.7 Å². The highest BCUT2D eigenvalue weighted by Crippen LogP contribution is 2.15. The maximum absolute atomic E-state index is 11.6. The van der Waals surface area contributed by atoms with E-state index in [9.17, 15) is 4.79 Å². The van der Waals surface area contributed by atoms with E-state index in [0.29, 0.717) is 5.75 Å². The molecule has 1 aromatic rings. The van der Waals surface area contributed by atoms with Gasteiger partial charge in [-0.2, -0.15) is 0 Å². The summed E-state index contributed by atoms with van der Waals surface area (Å²) in [7, 11) is 1.49. The van der Waals surface area contributed by atoms with Crippen LogP contribution in [0.15, 0.2) is 21.5 Å². The Labute approximate surface area is 85.5 Å². The van der Waals surface area contributed by atoms with Crippen molar-refractivity contribution < 1.29 is 4.74 Å². The monoisotopic (exact) mass is 245 g/mol. The van der Waals surface area contributed by atoms with E-state index >= 15 is 0 Å². The van der Waals surface area contributed by atoms with Crippen LogP contribution in [0.2, 0.25) is 0 Å². The third-order valence-corrected chi connectivity index (χ3v) is 2.19. The molecular weight excluding hydrogens is 234 g/mol. The minimum absolute atomic E-state index is 0.0966. The predicted molar refractivity (Wildman–Crippen MR) is 55.3 cm³/mol. The van der Waals surface area contributed by atoms with E-state index in [1.54, 1.807) is 16.8 Å². The van der Waals surface area contributed by atoms with Gasteiger partial charge in [0.05, 0.1) is 7.11 Å². The summed E-state index contributed by atoms with van der Waals surface area (Å²) < 4.78 is 7.43. The third-order valence-electron chi connectivity index (χ3n) is 1.75. The lowest BCUT2D eigenvalue weighted by Crippen LogP contribution is -2.22. The Morgan fingerprint density at radius 3 is 2.62 bits per heavy atom. The van der Waals surface area contributed by atoms with Crippen LogP contribution < -0.4 is 10.3 Å². The highest BCUT2D eigenvalue weighted by Gasteiger charge is 2.07. The van der Waals surface area contributed by atoms with Crippen LogP contribution in [0.25, 0.3) is 0 Å². The minimum atomic E-state index is -0.0966. The van der Waals surface area contributed by atoms with Crippen molar-refractivity contribution in [2.24, 2.45) is 0 Å². The molecule has 13 heavy (non-hydrogen) atoms. The smallest absolute Gasteiger partial charge is 0.293 e. The molecule has 0 radical (unpaired) electrons. The largest absolute Gasteiger partial charge is 0.491 e. The molecule has 0 atom stereocenters. The molecule has 0 N–H and O–H groups in total. The van der Waals surface area contributed by atoms with Gasteiger partial charge < -0.3 is 9.30 Å². The fourth-order valence-electron chi connectivity index (χ4n) is 1.07. The van der Waals surface area contributed by atoms with Gasteiger partial charge >= 0.3 is 0 Å². The van der Waals surface area contributed by atoms with Crippen molar-refractivity contribution >= 4 is 15.9 Å². The van der Waals surface area contributed by atoms with Crippen LogP contribution in [0.4, 0.5) is 0 Å². The fourth-order valence-corrected chi connectivity index (χ4v) is 1.50. The van der Waals surface area contributed by atoms with Crippen LogP contribution in [0, 0.1) is 0 Å². The molecule has 0 unspecified atom stereocenters. The lowest BCUT2D eigenvalue weighted by Gasteiger charge is -2.11. The number of pyridine rings is 1. The number of hydrogen-bond donors (Lipinski definition) is 0. The normalized spacial score (nSPS) is 10.5. The first kappa shape index (κ1) is 10.3. The summed E-state index contributed by atoms with van der Waals surface area (Å²) in [6.07, 6.45) is 1.76. The lowest BCUT2D eigenvalue weighted by atomic mass is 10.3. The molecular formula is C9H12BrNO2. The summed E-state index contributed by atoms with van der Waals surface area (Å²) in [5, 5.41) is 0. The molecule has 3 nitrogen and oxygen atoms in total. The molecule has 0 amide bonds. The number of rotatable bonds is 2. The zero-order valence-electron chi connectivity index (χ0n) is 7.87. The number of methoxy groups -OCH3 is 1. The molecule has 0 aromatic carbocycles. The number of halogens is 1. The molecule has 0 saturated carbocycles. The number of nitrogens with zero attached hydrogens (tertiary/aromatic N) is 1. The van der Waals surface area contributed by atoms with Crippen molar-refractivity contribution in [2.75, 3.05) is 7.11 Å². The van der Waals surface area contributed by atoms with Gasteiger partial charge in [0.25, 0.3) is 5.56 Å². The Bertz CT molecular complexity index is 357. The summed E-state index contributed by atoms with van der Waals surface area (Å²) in [5.41, 5.74) is -0.0966. The predicted octanol–water partition coefficient (Wildman–Crippen LogP) is 2.20. The van der Waals surface area contributed by atoms with Crippen molar-refractivity contribution in [3.8, 4) is 5.75 Å². The molecule has 0 saturated heterocycles. The average Bonchev–Trinajstić information content (AvgIpc) is 2.08. The third kappa shape index (κ3) is 2.12. The summed E-state index contributed by atoms with van der Waals surface area (Å²) in [4.78, 5) is 11.6. The highest BCUT2D eigenvalue weighted by atomic mass is 79.9. The van der Waals surface area contributed by atoms with E-state index in [1.165, 1.54) is 7.11 Å². The maximum atomic E-state index is 11.6. The van der Waals surface area contributed by atoms with Crippen molar-refractivity contribution in [1.82, 2.24) is 4.57 Å². The first-order valence-electron chi connectivity index (χ1n) is 4.02. The Balaban J connectivity index is 3.36. The summed E-state index contributed by atoms with van der Waals surface area (Å²) in [6.45, 7) is 3.90. The van der Waals surface area contributed by atoms with Crippen LogP contribution in [0.1, 0.15) is 19.9 Å². The second kappa shape index (κ2) is 3.96.